The summed E-state index contributed by atoms with van der Waals surface area (Å²) in [4.78, 5) is 11.6. The summed E-state index contributed by atoms with van der Waals surface area (Å²) < 4.78 is 14.8. The molecule has 3 aliphatic rings. The third kappa shape index (κ3) is 11.6. The van der Waals surface area contributed by atoms with E-state index in [0.717, 1.165) is 123 Å². The Morgan fingerprint density at radius 3 is 0.800 bits per heavy atom. The Balaban J connectivity index is 0.533. The Labute approximate surface area is 836 Å². The fourth-order valence-corrected chi connectivity index (χ4v) is 26.2. The van der Waals surface area contributed by atoms with Gasteiger partial charge in [0, 0.05) is 132 Å². The molecule has 0 amide bonds. The molecule has 0 N–H and O–H groups in total. The van der Waals surface area contributed by atoms with Crippen molar-refractivity contribution in [2.45, 2.75) is 57.8 Å². The van der Waals surface area contributed by atoms with Crippen LogP contribution in [0.25, 0.3) is 265 Å². The third-order valence-corrected chi connectivity index (χ3v) is 33.2. The molecule has 145 heavy (non-hydrogen) atoms. The van der Waals surface area contributed by atoms with Gasteiger partial charge in [0.25, 0.3) is 0 Å². The van der Waals surface area contributed by atoms with Crippen LogP contribution in [0.4, 0.5) is 0 Å². The van der Waals surface area contributed by atoms with Crippen molar-refractivity contribution >= 4 is 142 Å². The molecule has 7 heterocycles. The lowest BCUT2D eigenvalue weighted by Crippen LogP contribution is -2.15. The topological polar surface area (TPSA) is 55.4 Å². The number of hydrogen-bond donors (Lipinski definition) is 0. The predicted molar refractivity (Wildman–Crippen MR) is 605 cm³/mol. The van der Waals surface area contributed by atoms with E-state index in [-0.39, 0.29) is 16.2 Å². The number of rotatable bonds is 11. The van der Waals surface area contributed by atoms with Crippen LogP contribution in [0.3, 0.4) is 0 Å². The van der Waals surface area contributed by atoms with Crippen molar-refractivity contribution in [3.63, 3.8) is 0 Å². The highest BCUT2D eigenvalue weighted by atomic mass is 15.0. The summed E-state index contributed by atoms with van der Waals surface area (Å²) in [5, 5.41) is 15.4. The van der Waals surface area contributed by atoms with Crippen LogP contribution in [0.15, 0.2) is 449 Å². The largest absolute Gasteiger partial charge is 0.309 e. The summed E-state index contributed by atoms with van der Waals surface area (Å²) in [6, 6.07) is 169. The summed E-state index contributed by atoms with van der Waals surface area (Å²) in [6.45, 7) is 14.2. The Hall–Kier alpha value is -18.2. The fourth-order valence-electron chi connectivity index (χ4n) is 26.2. The molecular weight excluding hydrogens is 1760 g/mol. The van der Waals surface area contributed by atoms with Crippen molar-refractivity contribution in [3.8, 4) is 124 Å². The molecule has 0 saturated carbocycles. The Morgan fingerprint density at radius 1 is 0.152 bits per heavy atom. The van der Waals surface area contributed by atoms with Gasteiger partial charge < -0.3 is 27.4 Å². The molecule has 0 spiro atoms. The minimum atomic E-state index is -0.143. The van der Waals surface area contributed by atoms with E-state index in [1.54, 1.807) is 0 Å². The number of aromatic nitrogens is 8. The van der Waals surface area contributed by atoms with E-state index in [9.17, 15) is 0 Å². The van der Waals surface area contributed by atoms with Gasteiger partial charge in [0.15, 0.2) is 5.82 Å². The Morgan fingerprint density at radius 2 is 0.421 bits per heavy atom. The van der Waals surface area contributed by atoms with E-state index in [4.69, 9.17) is 9.97 Å². The van der Waals surface area contributed by atoms with E-state index in [0.29, 0.717) is 5.82 Å². The van der Waals surface area contributed by atoms with Crippen LogP contribution < -0.4 is 0 Å². The SMILES string of the molecule is CC1(C)c2ccccc2-c2ccc(-n3c4ccccc4c4ccc(-c5ccc6c(c5)c5ccccc5n6-c5ccc(-c6nc(-c7cccc(-n8c9ccccc9c9cc(-c%10ccc%11c%12ccccc%12n(-c%12ccc%13c(c%12)C(C)(C)c%12ccccc%12-%13)c%11c%10)ccc98)c7)nc7ccc(-n8c9ccccc9c9cc(-c%10ccc%11c%12ccccc%12n(-c%12ccc%13c(c%12)C(C)(C)c%12ccccc%12-%13)c%11c%10)ccc98)cc67)cc5)cc43)cc21. The van der Waals surface area contributed by atoms with Gasteiger partial charge in [-0.1, -0.05) is 321 Å². The highest BCUT2D eigenvalue weighted by Gasteiger charge is 2.40. The van der Waals surface area contributed by atoms with Crippen molar-refractivity contribution in [1.82, 2.24) is 37.4 Å². The van der Waals surface area contributed by atoms with Crippen LogP contribution in [0.1, 0.15) is 74.9 Å². The molecule has 680 valence electrons. The van der Waals surface area contributed by atoms with Crippen LogP contribution in [0, 0.1) is 0 Å². The molecule has 0 unspecified atom stereocenters. The first-order valence-electron chi connectivity index (χ1n) is 50.6. The van der Waals surface area contributed by atoms with Gasteiger partial charge in [0.05, 0.1) is 77.4 Å². The predicted octanol–water partition coefficient (Wildman–Crippen LogP) is 35.5. The second kappa shape index (κ2) is 29.9. The highest BCUT2D eigenvalue weighted by molar-refractivity contribution is 6.18. The smallest absolute Gasteiger partial charge is 0.160 e. The molecule has 0 bridgehead atoms. The van der Waals surface area contributed by atoms with E-state index >= 15 is 0 Å². The average Bonchev–Trinajstić information content (AvgIpc) is 1.56. The van der Waals surface area contributed by atoms with Crippen LogP contribution >= 0.6 is 0 Å². The molecule has 0 saturated heterocycles. The first-order valence-corrected chi connectivity index (χ1v) is 50.6. The number of benzene rings is 21. The molecular formula is C137H92N8. The summed E-state index contributed by atoms with van der Waals surface area (Å²) >= 11 is 0. The maximum atomic E-state index is 5.88. The minimum Gasteiger partial charge on any atom is -0.309 e. The zero-order valence-electron chi connectivity index (χ0n) is 80.8. The lowest BCUT2D eigenvalue weighted by Gasteiger charge is -2.22. The molecule has 28 aromatic rings. The lowest BCUT2D eigenvalue weighted by molar-refractivity contribution is 0.660. The zero-order valence-corrected chi connectivity index (χ0v) is 80.8. The lowest BCUT2D eigenvalue weighted by atomic mass is 9.82. The first-order chi connectivity index (χ1) is 71.1. The van der Waals surface area contributed by atoms with Crippen molar-refractivity contribution in [2.24, 2.45) is 0 Å². The Bertz CT molecular complexity index is 10600. The standard InChI is InChI=1S/C137H92N8/c1-135(2)114-37-16-7-28-95(114)98-63-56-92(78-117(98)135)143-121-40-19-10-31-101(121)107-60-48-85(74-130(107)143)82-51-67-127-110(71-82)104-34-13-22-43-124(104)140(127)89-54-46-81(47-55-89)133-113-77-91(142-126-45-24-15-36-106(126)112-73-84(53-69-129(112)142)87-50-62-109-103-33-12-21-42-123(103)145(132(109)76-87)94-58-65-100-97-30-9-18-39-116(97)137(5,6)119(100)80-94)59-66-120(113)138-134(139-133)88-26-25-27-90(70-88)141-125-44-23-14-35-105(125)111-72-83(52-68-128(111)141)86-49-61-108-102-32-11-20-41-122(102)144(131(108)75-86)93-57-64-99-96-29-8-17-38-115(96)136(3,4)118(99)79-93/h7-80H,1-6H3. The van der Waals surface area contributed by atoms with Gasteiger partial charge in [0.1, 0.15) is 0 Å². The van der Waals surface area contributed by atoms with Gasteiger partial charge in [-0.05, 0) is 270 Å². The maximum Gasteiger partial charge on any atom is 0.160 e. The summed E-state index contributed by atoms with van der Waals surface area (Å²) in [6.07, 6.45) is 0. The first kappa shape index (κ1) is 81.6. The molecule has 3 aliphatic carbocycles. The molecule has 21 aromatic carbocycles. The zero-order chi connectivity index (χ0) is 95.9. The minimum absolute atomic E-state index is 0.137. The monoisotopic (exact) mass is 1850 g/mol. The van der Waals surface area contributed by atoms with Gasteiger partial charge in [-0.15, -0.1) is 0 Å². The summed E-state index contributed by atoms with van der Waals surface area (Å²) in [5.41, 5.74) is 46.6. The number of fused-ring (bicyclic) bond motifs is 28. The number of para-hydroxylation sites is 6. The molecule has 8 heteroatoms. The Kier molecular flexibility index (Phi) is 16.8. The highest BCUT2D eigenvalue weighted by Crippen LogP contribution is 2.55. The van der Waals surface area contributed by atoms with E-state index in [2.05, 4.69) is 518 Å². The van der Waals surface area contributed by atoms with Crippen molar-refractivity contribution in [2.75, 3.05) is 0 Å². The molecule has 7 aromatic heterocycles. The molecule has 0 aliphatic heterocycles. The normalized spacial score (nSPS) is 13.8. The summed E-state index contributed by atoms with van der Waals surface area (Å²) in [5.74, 6) is 0.633. The number of nitrogens with zero attached hydrogens (tertiary/aromatic N) is 8. The van der Waals surface area contributed by atoms with Gasteiger partial charge in [-0.25, -0.2) is 9.97 Å². The second-order valence-corrected chi connectivity index (χ2v) is 41.9. The quantitative estimate of drug-likeness (QED) is 0.130. The van der Waals surface area contributed by atoms with Gasteiger partial charge >= 0.3 is 0 Å². The molecule has 0 radical (unpaired) electrons. The van der Waals surface area contributed by atoms with Crippen molar-refractivity contribution < 1.29 is 0 Å². The van der Waals surface area contributed by atoms with Crippen molar-refractivity contribution in [3.05, 3.63) is 482 Å². The molecule has 0 fully saturated rings. The van der Waals surface area contributed by atoms with Gasteiger partial charge in [-0.3, -0.25) is 0 Å². The maximum absolute atomic E-state index is 5.88. The van der Waals surface area contributed by atoms with Crippen LogP contribution in [-0.4, -0.2) is 37.4 Å². The molecule has 31 rings (SSSR count). The van der Waals surface area contributed by atoms with Gasteiger partial charge in [-0.2, -0.15) is 0 Å². The van der Waals surface area contributed by atoms with Gasteiger partial charge in [0.2, 0.25) is 0 Å². The van der Waals surface area contributed by atoms with E-state index in [1.165, 1.54) is 170 Å². The van der Waals surface area contributed by atoms with Crippen LogP contribution in [-0.2, 0) is 16.2 Å². The van der Waals surface area contributed by atoms with E-state index in [1.807, 2.05) is 0 Å². The third-order valence-electron chi connectivity index (χ3n) is 33.2. The number of hydrogen-bond acceptors (Lipinski definition) is 2. The van der Waals surface area contributed by atoms with E-state index < -0.39 is 0 Å². The summed E-state index contributed by atoms with van der Waals surface area (Å²) in [7, 11) is 0. The second-order valence-electron chi connectivity index (χ2n) is 41.9. The van der Waals surface area contributed by atoms with Crippen LogP contribution in [0.5, 0.6) is 0 Å². The van der Waals surface area contributed by atoms with Crippen molar-refractivity contribution in [1.29, 1.82) is 0 Å². The fraction of sp³-hybridized carbons (Fsp3) is 0.0657. The molecule has 0 atom stereocenters. The molecule has 8 nitrogen and oxygen atoms in total. The average molecular weight is 1850 g/mol. The van der Waals surface area contributed by atoms with Crippen LogP contribution in [0.2, 0.25) is 0 Å².